The molecule has 9 heteroatoms. The van der Waals surface area contributed by atoms with Crippen LogP contribution in [0.2, 0.25) is 0 Å². The number of aliphatic hydroxyl groups excluding tert-OH is 1. The number of aryl methyl sites for hydroxylation is 1. The maximum atomic E-state index is 12.9. The first-order valence-corrected chi connectivity index (χ1v) is 8.96. The predicted octanol–water partition coefficient (Wildman–Crippen LogP) is 3.79. The van der Waals surface area contributed by atoms with Gasteiger partial charge in [0.15, 0.2) is 0 Å². The Labute approximate surface area is 165 Å². The fourth-order valence-electron chi connectivity index (χ4n) is 3.14. The van der Waals surface area contributed by atoms with Gasteiger partial charge in [-0.15, -0.1) is 0 Å². The van der Waals surface area contributed by atoms with E-state index in [1.54, 1.807) is 12.3 Å². The first-order chi connectivity index (χ1) is 13.8. The third kappa shape index (κ3) is 4.29. The first-order valence-electron chi connectivity index (χ1n) is 8.96. The summed E-state index contributed by atoms with van der Waals surface area (Å²) in [7, 11) is 0. The van der Waals surface area contributed by atoms with Gasteiger partial charge in [0.05, 0.1) is 6.10 Å². The molecule has 1 fully saturated rings. The van der Waals surface area contributed by atoms with Gasteiger partial charge in [0.25, 0.3) is 0 Å². The summed E-state index contributed by atoms with van der Waals surface area (Å²) in [6.07, 6.45) is -2.09. The maximum Gasteiger partial charge on any atom is 0.433 e. The largest absolute Gasteiger partial charge is 0.433 e. The quantitative estimate of drug-likeness (QED) is 0.693. The van der Waals surface area contributed by atoms with E-state index in [1.807, 2.05) is 36.1 Å². The van der Waals surface area contributed by atoms with E-state index in [-0.39, 0.29) is 12.1 Å². The fourth-order valence-corrected chi connectivity index (χ4v) is 3.14. The molecular formula is C20H18F3N5O. The minimum absolute atomic E-state index is 0.124. The molecule has 2 aromatic heterocycles. The number of nitrogens with one attached hydrogen (secondary N) is 1. The Morgan fingerprint density at radius 2 is 1.79 bits per heavy atom. The molecule has 29 heavy (non-hydrogen) atoms. The number of halogens is 3. The SMILES string of the molecule is Cc1cc(Nc2nccc(C(F)(F)F)n2)cc(-c2ccnc(N3CC(O)C3)c2)c1. The molecule has 0 bridgehead atoms. The van der Waals surface area contributed by atoms with Crippen LogP contribution in [0.25, 0.3) is 11.1 Å². The van der Waals surface area contributed by atoms with Gasteiger partial charge in [-0.2, -0.15) is 13.2 Å². The van der Waals surface area contributed by atoms with Gasteiger partial charge in [0.1, 0.15) is 11.5 Å². The van der Waals surface area contributed by atoms with Gasteiger partial charge in [-0.25, -0.2) is 15.0 Å². The van der Waals surface area contributed by atoms with Crippen molar-refractivity contribution in [3.63, 3.8) is 0 Å². The summed E-state index contributed by atoms with van der Waals surface area (Å²) in [4.78, 5) is 13.7. The molecule has 0 unspecified atom stereocenters. The number of pyridine rings is 1. The second kappa shape index (κ2) is 7.32. The lowest BCUT2D eigenvalue weighted by Crippen LogP contribution is -2.51. The first kappa shape index (κ1) is 19.1. The van der Waals surface area contributed by atoms with Crippen LogP contribution in [0.5, 0.6) is 0 Å². The molecule has 1 saturated heterocycles. The summed E-state index contributed by atoms with van der Waals surface area (Å²) in [6.45, 7) is 2.99. The van der Waals surface area contributed by atoms with Crippen molar-refractivity contribution in [2.24, 2.45) is 0 Å². The van der Waals surface area contributed by atoms with Crippen molar-refractivity contribution in [1.29, 1.82) is 0 Å². The lowest BCUT2D eigenvalue weighted by Gasteiger charge is -2.36. The van der Waals surface area contributed by atoms with Gasteiger partial charge in [0, 0.05) is 31.2 Å². The molecule has 0 saturated carbocycles. The van der Waals surface area contributed by atoms with Crippen LogP contribution in [0, 0.1) is 6.92 Å². The van der Waals surface area contributed by atoms with Gasteiger partial charge in [-0.05, 0) is 53.9 Å². The highest BCUT2D eigenvalue weighted by Crippen LogP contribution is 2.30. The van der Waals surface area contributed by atoms with Crippen molar-refractivity contribution in [1.82, 2.24) is 15.0 Å². The second-order valence-corrected chi connectivity index (χ2v) is 6.94. The predicted molar refractivity (Wildman–Crippen MR) is 103 cm³/mol. The summed E-state index contributed by atoms with van der Waals surface area (Å²) in [5.41, 5.74) is 2.29. The van der Waals surface area contributed by atoms with Crippen molar-refractivity contribution in [3.8, 4) is 11.1 Å². The van der Waals surface area contributed by atoms with Gasteiger partial charge in [0.2, 0.25) is 5.95 Å². The Hall–Kier alpha value is -3.20. The highest BCUT2D eigenvalue weighted by atomic mass is 19.4. The lowest BCUT2D eigenvalue weighted by molar-refractivity contribution is -0.141. The summed E-state index contributed by atoms with van der Waals surface area (Å²) >= 11 is 0. The number of rotatable bonds is 4. The molecule has 0 radical (unpaired) electrons. The molecule has 3 heterocycles. The average Bonchev–Trinajstić information content (AvgIpc) is 2.65. The van der Waals surface area contributed by atoms with E-state index in [4.69, 9.17) is 0 Å². The van der Waals surface area contributed by atoms with Gasteiger partial charge in [-0.3, -0.25) is 0 Å². The molecular weight excluding hydrogens is 383 g/mol. The van der Waals surface area contributed by atoms with Crippen molar-refractivity contribution >= 4 is 17.5 Å². The molecule has 3 aromatic rings. The Kier molecular flexibility index (Phi) is 4.83. The number of nitrogens with zero attached hydrogens (tertiary/aromatic N) is 4. The lowest BCUT2D eigenvalue weighted by atomic mass is 10.0. The smallest absolute Gasteiger partial charge is 0.389 e. The number of hydrogen-bond donors (Lipinski definition) is 2. The van der Waals surface area contributed by atoms with E-state index in [2.05, 4.69) is 20.3 Å². The molecule has 6 nitrogen and oxygen atoms in total. The minimum Gasteiger partial charge on any atom is -0.389 e. The standard InChI is InChI=1S/C20H18F3N5O/c1-12-6-14(13-2-4-24-18(9-13)28-10-16(29)11-28)8-15(7-12)26-19-25-5-3-17(27-19)20(21,22)23/h2-9,16,29H,10-11H2,1H3,(H,25,26,27). The van der Waals surface area contributed by atoms with Gasteiger partial charge in [-0.1, -0.05) is 6.07 Å². The second-order valence-electron chi connectivity index (χ2n) is 6.94. The Morgan fingerprint density at radius 3 is 2.52 bits per heavy atom. The number of anilines is 3. The number of benzene rings is 1. The van der Waals surface area contributed by atoms with Crippen LogP contribution in [0.4, 0.5) is 30.6 Å². The van der Waals surface area contributed by atoms with Crippen molar-refractivity contribution in [2.75, 3.05) is 23.3 Å². The molecule has 2 N–H and O–H groups in total. The van der Waals surface area contributed by atoms with Crippen LogP contribution in [0.1, 0.15) is 11.3 Å². The molecule has 0 aliphatic carbocycles. The molecule has 0 amide bonds. The Morgan fingerprint density at radius 1 is 1.03 bits per heavy atom. The molecule has 150 valence electrons. The number of β-amino-alcohol motifs (C(OH)–C–C–N with tert-alkyl or cyclic N) is 1. The third-order valence-corrected chi connectivity index (χ3v) is 4.54. The molecule has 1 aliphatic rings. The summed E-state index contributed by atoms with van der Waals surface area (Å²) in [6, 6.07) is 10.2. The van der Waals surface area contributed by atoms with E-state index in [1.165, 1.54) is 0 Å². The van der Waals surface area contributed by atoms with E-state index in [0.717, 1.165) is 34.8 Å². The minimum atomic E-state index is -4.53. The summed E-state index contributed by atoms with van der Waals surface area (Å²) < 4.78 is 38.6. The van der Waals surface area contributed by atoms with Crippen molar-refractivity contribution in [3.05, 3.63) is 60.0 Å². The Bertz CT molecular complexity index is 1030. The van der Waals surface area contributed by atoms with Crippen LogP contribution in [-0.4, -0.2) is 39.3 Å². The van der Waals surface area contributed by atoms with Crippen molar-refractivity contribution < 1.29 is 18.3 Å². The Balaban J connectivity index is 1.61. The van der Waals surface area contributed by atoms with E-state index >= 15 is 0 Å². The highest BCUT2D eigenvalue weighted by molar-refractivity contribution is 5.72. The van der Waals surface area contributed by atoms with Gasteiger partial charge < -0.3 is 15.3 Å². The average molecular weight is 401 g/mol. The van der Waals surface area contributed by atoms with Crippen LogP contribution < -0.4 is 10.2 Å². The molecule has 0 spiro atoms. The zero-order chi connectivity index (χ0) is 20.6. The summed E-state index contributed by atoms with van der Waals surface area (Å²) in [5, 5.41) is 12.3. The highest BCUT2D eigenvalue weighted by Gasteiger charge is 2.32. The number of aromatic nitrogens is 3. The van der Waals surface area contributed by atoms with Gasteiger partial charge >= 0.3 is 6.18 Å². The topological polar surface area (TPSA) is 74.2 Å². The molecule has 1 aliphatic heterocycles. The number of aliphatic hydroxyl groups is 1. The normalized spacial score (nSPS) is 14.6. The summed E-state index contributed by atoms with van der Waals surface area (Å²) in [5.74, 6) is 0.645. The van der Waals surface area contributed by atoms with E-state index in [0.29, 0.717) is 18.8 Å². The molecule has 4 rings (SSSR count). The third-order valence-electron chi connectivity index (χ3n) is 4.54. The van der Waals surface area contributed by atoms with Crippen molar-refractivity contribution in [2.45, 2.75) is 19.2 Å². The zero-order valence-corrected chi connectivity index (χ0v) is 15.5. The molecule has 1 aromatic carbocycles. The number of alkyl halides is 3. The molecule has 0 atom stereocenters. The fraction of sp³-hybridized carbons (Fsp3) is 0.250. The van der Waals surface area contributed by atoms with Crippen LogP contribution in [-0.2, 0) is 6.18 Å². The number of hydrogen-bond acceptors (Lipinski definition) is 6. The van der Waals surface area contributed by atoms with E-state index in [9.17, 15) is 18.3 Å². The van der Waals surface area contributed by atoms with Crippen LogP contribution in [0.3, 0.4) is 0 Å². The monoisotopic (exact) mass is 401 g/mol. The van der Waals surface area contributed by atoms with E-state index < -0.39 is 11.9 Å². The van der Waals surface area contributed by atoms with Crippen LogP contribution >= 0.6 is 0 Å². The maximum absolute atomic E-state index is 12.9. The van der Waals surface area contributed by atoms with Crippen LogP contribution in [0.15, 0.2) is 48.8 Å². The zero-order valence-electron chi connectivity index (χ0n) is 15.5.